The lowest BCUT2D eigenvalue weighted by molar-refractivity contribution is -0.200. The Kier molecular flexibility index (Phi) is 3.57. The van der Waals surface area contributed by atoms with Crippen molar-refractivity contribution >= 4 is 17.3 Å². The standard InChI is InChI=1S/C20H20O6/c1-2-23-19(22)15-13(11-6-4-3-5-7-11)17(21)16-14(15)12-10-20(18(16)26-12)24-8-9-25-20/h3-7,12,14,16,18H,2,8-10H2,1H3/t12-,14+,16+,18-/m1/s1. The molecule has 26 heavy (non-hydrogen) atoms. The minimum absolute atomic E-state index is 0.0741. The summed E-state index contributed by atoms with van der Waals surface area (Å²) in [5, 5.41) is 0. The van der Waals surface area contributed by atoms with Crippen LogP contribution in [0.3, 0.4) is 0 Å². The Morgan fingerprint density at radius 1 is 1.19 bits per heavy atom. The average Bonchev–Trinajstić information content (AvgIpc) is 3.39. The van der Waals surface area contributed by atoms with Crippen molar-refractivity contribution in [2.45, 2.75) is 31.3 Å². The molecule has 1 spiro atoms. The van der Waals surface area contributed by atoms with Gasteiger partial charge in [-0.15, -0.1) is 0 Å². The first kappa shape index (κ1) is 16.2. The average molecular weight is 356 g/mol. The number of hydrogen-bond donors (Lipinski definition) is 0. The molecule has 0 radical (unpaired) electrons. The number of hydrogen-bond acceptors (Lipinski definition) is 6. The van der Waals surface area contributed by atoms with Gasteiger partial charge in [0.2, 0.25) is 0 Å². The molecule has 3 fully saturated rings. The first-order valence-electron chi connectivity index (χ1n) is 9.10. The molecule has 1 aromatic carbocycles. The zero-order valence-corrected chi connectivity index (χ0v) is 14.5. The molecule has 1 aromatic rings. The molecule has 6 heteroatoms. The van der Waals surface area contributed by atoms with E-state index in [1.54, 1.807) is 6.92 Å². The van der Waals surface area contributed by atoms with Crippen molar-refractivity contribution in [3.63, 3.8) is 0 Å². The Balaban J connectivity index is 1.61. The van der Waals surface area contributed by atoms with E-state index in [-0.39, 0.29) is 24.4 Å². The summed E-state index contributed by atoms with van der Waals surface area (Å²) < 4.78 is 23.1. The third-order valence-corrected chi connectivity index (χ3v) is 5.84. The van der Waals surface area contributed by atoms with Crippen LogP contribution in [0.2, 0.25) is 0 Å². The summed E-state index contributed by atoms with van der Waals surface area (Å²) in [5.41, 5.74) is 1.66. The van der Waals surface area contributed by atoms with Gasteiger partial charge in [-0.3, -0.25) is 4.79 Å². The van der Waals surface area contributed by atoms with Gasteiger partial charge in [-0.25, -0.2) is 4.79 Å². The molecule has 0 amide bonds. The lowest BCUT2D eigenvalue weighted by Crippen LogP contribution is -2.49. The molecule has 3 heterocycles. The highest BCUT2D eigenvalue weighted by Crippen LogP contribution is 2.59. The number of benzene rings is 1. The second-order valence-corrected chi connectivity index (χ2v) is 7.10. The summed E-state index contributed by atoms with van der Waals surface area (Å²) in [6.07, 6.45) is -0.206. The Bertz CT molecular complexity index is 792. The number of esters is 1. The molecular weight excluding hydrogens is 336 g/mol. The van der Waals surface area contributed by atoms with Crippen molar-refractivity contribution in [1.29, 1.82) is 0 Å². The van der Waals surface area contributed by atoms with Gasteiger partial charge in [0.25, 0.3) is 0 Å². The van der Waals surface area contributed by atoms with Crippen LogP contribution < -0.4 is 0 Å². The highest BCUT2D eigenvalue weighted by Gasteiger charge is 2.70. The van der Waals surface area contributed by atoms with E-state index >= 15 is 0 Å². The minimum atomic E-state index is -0.840. The van der Waals surface area contributed by atoms with Crippen LogP contribution in [0.25, 0.3) is 5.57 Å². The van der Waals surface area contributed by atoms with Crippen LogP contribution in [0.5, 0.6) is 0 Å². The van der Waals surface area contributed by atoms with Gasteiger partial charge < -0.3 is 18.9 Å². The van der Waals surface area contributed by atoms with Crippen molar-refractivity contribution in [1.82, 2.24) is 0 Å². The van der Waals surface area contributed by atoms with E-state index in [0.717, 1.165) is 5.56 Å². The molecule has 136 valence electrons. The lowest BCUT2D eigenvalue weighted by atomic mass is 9.75. The first-order valence-corrected chi connectivity index (χ1v) is 9.10. The van der Waals surface area contributed by atoms with Gasteiger partial charge in [0.1, 0.15) is 6.10 Å². The van der Waals surface area contributed by atoms with Gasteiger partial charge in [0.15, 0.2) is 11.6 Å². The molecule has 0 unspecified atom stereocenters. The minimum Gasteiger partial charge on any atom is -0.463 e. The number of Topliss-reactive ketones (excluding diaryl/α,β-unsaturated/α-hetero) is 1. The summed E-state index contributed by atoms with van der Waals surface area (Å²) in [6, 6.07) is 9.32. The van der Waals surface area contributed by atoms with E-state index in [4.69, 9.17) is 18.9 Å². The maximum Gasteiger partial charge on any atom is 0.335 e. The topological polar surface area (TPSA) is 71.1 Å². The second-order valence-electron chi connectivity index (χ2n) is 7.10. The van der Waals surface area contributed by atoms with Gasteiger partial charge in [-0.1, -0.05) is 30.3 Å². The van der Waals surface area contributed by atoms with Crippen molar-refractivity contribution in [3.8, 4) is 0 Å². The molecule has 4 atom stereocenters. The van der Waals surface area contributed by atoms with Crippen molar-refractivity contribution < 1.29 is 28.5 Å². The first-order chi connectivity index (χ1) is 12.7. The number of fused-ring (bicyclic) bond motifs is 6. The van der Waals surface area contributed by atoms with E-state index in [9.17, 15) is 9.59 Å². The highest BCUT2D eigenvalue weighted by molar-refractivity contribution is 6.30. The maximum absolute atomic E-state index is 13.4. The second kappa shape index (κ2) is 5.74. The third kappa shape index (κ3) is 2.03. The van der Waals surface area contributed by atoms with Gasteiger partial charge in [-0.2, -0.15) is 0 Å². The maximum atomic E-state index is 13.4. The molecule has 5 rings (SSSR count). The zero-order chi connectivity index (χ0) is 17.9. The predicted octanol–water partition coefficient (Wildman–Crippen LogP) is 1.73. The zero-order valence-electron chi connectivity index (χ0n) is 14.5. The largest absolute Gasteiger partial charge is 0.463 e. The van der Waals surface area contributed by atoms with Crippen molar-refractivity contribution in [3.05, 3.63) is 41.5 Å². The Morgan fingerprint density at radius 3 is 2.62 bits per heavy atom. The molecule has 0 aromatic heterocycles. The Morgan fingerprint density at radius 2 is 1.92 bits per heavy atom. The molecule has 1 aliphatic carbocycles. The summed E-state index contributed by atoms with van der Waals surface area (Å²) in [5.74, 6) is -2.09. The number of ether oxygens (including phenoxy) is 4. The van der Waals surface area contributed by atoms with Crippen LogP contribution >= 0.6 is 0 Å². The fraction of sp³-hybridized carbons (Fsp3) is 0.500. The number of rotatable bonds is 3. The molecule has 2 bridgehead atoms. The summed E-state index contributed by atoms with van der Waals surface area (Å²) >= 11 is 0. The number of carbonyl (C=O) groups excluding carboxylic acids is 2. The normalized spacial score (nSPS) is 34.0. The Hall–Kier alpha value is -2.02. The van der Waals surface area contributed by atoms with Gasteiger partial charge in [0.05, 0.1) is 37.4 Å². The number of ketones is 1. The number of allylic oxidation sites excluding steroid dienone is 1. The van der Waals surface area contributed by atoms with Crippen molar-refractivity contribution in [2.24, 2.45) is 11.8 Å². The molecule has 0 N–H and O–H groups in total. The molecule has 3 aliphatic heterocycles. The fourth-order valence-corrected chi connectivity index (χ4v) is 4.96. The van der Waals surface area contributed by atoms with E-state index in [0.29, 0.717) is 30.8 Å². The lowest BCUT2D eigenvalue weighted by Gasteiger charge is -2.34. The monoisotopic (exact) mass is 356 g/mol. The van der Waals surface area contributed by atoms with Gasteiger partial charge >= 0.3 is 5.97 Å². The van der Waals surface area contributed by atoms with Crippen LogP contribution in [0.4, 0.5) is 0 Å². The molecule has 3 saturated heterocycles. The molecular formula is C20H20O6. The van der Waals surface area contributed by atoms with Crippen LogP contribution in [-0.2, 0) is 28.5 Å². The smallest absolute Gasteiger partial charge is 0.335 e. The van der Waals surface area contributed by atoms with Gasteiger partial charge in [-0.05, 0) is 12.5 Å². The summed E-state index contributed by atoms with van der Waals surface area (Å²) in [6.45, 7) is 3.03. The number of carbonyl (C=O) groups is 2. The highest BCUT2D eigenvalue weighted by atomic mass is 16.8. The van der Waals surface area contributed by atoms with E-state index < -0.39 is 23.8 Å². The molecule has 4 aliphatic rings. The Labute approximate surface area is 151 Å². The van der Waals surface area contributed by atoms with Crippen LogP contribution in [0.15, 0.2) is 35.9 Å². The summed E-state index contributed by atoms with van der Waals surface area (Å²) in [7, 11) is 0. The molecule has 0 saturated carbocycles. The van der Waals surface area contributed by atoms with Crippen LogP contribution in [-0.4, -0.2) is 49.6 Å². The van der Waals surface area contributed by atoms with E-state index in [1.165, 1.54) is 0 Å². The fourth-order valence-electron chi connectivity index (χ4n) is 4.96. The van der Waals surface area contributed by atoms with Crippen molar-refractivity contribution in [2.75, 3.05) is 19.8 Å². The third-order valence-electron chi connectivity index (χ3n) is 5.84. The molecule has 6 nitrogen and oxygen atoms in total. The SMILES string of the molecule is CCOC(=O)C1=C(c2ccccc2)C(=O)[C@@H]2[C@H]1[C@H]1CC3(OCCO3)[C@@H]2O1. The quantitative estimate of drug-likeness (QED) is 0.768. The van der Waals surface area contributed by atoms with Crippen LogP contribution in [0.1, 0.15) is 18.9 Å². The van der Waals surface area contributed by atoms with Gasteiger partial charge in [0, 0.05) is 17.9 Å². The predicted molar refractivity (Wildman–Crippen MR) is 89.9 cm³/mol. The van der Waals surface area contributed by atoms with Crippen LogP contribution in [0, 0.1) is 11.8 Å². The van der Waals surface area contributed by atoms with E-state index in [2.05, 4.69) is 0 Å². The van der Waals surface area contributed by atoms with E-state index in [1.807, 2.05) is 30.3 Å². The summed E-state index contributed by atoms with van der Waals surface area (Å²) in [4.78, 5) is 26.1.